The number of hydrogen-bond acceptors (Lipinski definition) is 4. The largest absolute Gasteiger partial charge is 0.481 e. The van der Waals surface area contributed by atoms with Gasteiger partial charge in [-0.15, -0.1) is 0 Å². The fourth-order valence-corrected chi connectivity index (χ4v) is 1.77. The monoisotopic (exact) mass is 289 g/mol. The third kappa shape index (κ3) is 11.9. The van der Waals surface area contributed by atoms with Crippen LogP contribution in [0.2, 0.25) is 0 Å². The van der Waals surface area contributed by atoms with E-state index >= 15 is 0 Å². The van der Waals surface area contributed by atoms with Crippen molar-refractivity contribution in [3.63, 3.8) is 0 Å². The molecule has 0 saturated carbocycles. The molecule has 118 valence electrons. The fourth-order valence-electron chi connectivity index (χ4n) is 1.77. The standard InChI is InChI=1S/C14H27NO5/c1-14(2,11-13(17)18)10-12(16)15-6-4-5-7-20-9-8-19-3/h4-11H2,1-3H3,(H,15,16)(H,17,18). The summed E-state index contributed by atoms with van der Waals surface area (Å²) in [6.45, 7) is 6.00. The molecule has 20 heavy (non-hydrogen) atoms. The van der Waals surface area contributed by atoms with Crippen LogP contribution in [-0.4, -0.2) is 50.5 Å². The molecule has 0 bridgehead atoms. The smallest absolute Gasteiger partial charge is 0.303 e. The zero-order chi connectivity index (χ0) is 15.4. The number of carbonyl (C=O) groups is 2. The Morgan fingerprint density at radius 3 is 2.40 bits per heavy atom. The first-order valence-corrected chi connectivity index (χ1v) is 6.92. The van der Waals surface area contributed by atoms with Crippen LogP contribution in [0.1, 0.15) is 39.5 Å². The highest BCUT2D eigenvalue weighted by Crippen LogP contribution is 2.24. The van der Waals surface area contributed by atoms with Crippen LogP contribution < -0.4 is 5.32 Å². The van der Waals surface area contributed by atoms with Gasteiger partial charge in [-0.25, -0.2) is 0 Å². The van der Waals surface area contributed by atoms with E-state index in [0.29, 0.717) is 26.4 Å². The van der Waals surface area contributed by atoms with Crippen molar-refractivity contribution in [3.8, 4) is 0 Å². The van der Waals surface area contributed by atoms with E-state index in [1.165, 1.54) is 0 Å². The zero-order valence-electron chi connectivity index (χ0n) is 12.7. The van der Waals surface area contributed by atoms with Crippen molar-refractivity contribution >= 4 is 11.9 Å². The number of carbonyl (C=O) groups excluding carboxylic acids is 1. The molecule has 6 heteroatoms. The van der Waals surface area contributed by atoms with E-state index in [-0.39, 0.29) is 18.7 Å². The Morgan fingerprint density at radius 2 is 1.80 bits per heavy atom. The van der Waals surface area contributed by atoms with Crippen LogP contribution in [0, 0.1) is 5.41 Å². The number of unbranched alkanes of at least 4 members (excludes halogenated alkanes) is 1. The summed E-state index contributed by atoms with van der Waals surface area (Å²) in [6.07, 6.45) is 1.94. The molecule has 0 aliphatic heterocycles. The second-order valence-corrected chi connectivity index (χ2v) is 5.57. The lowest BCUT2D eigenvalue weighted by Gasteiger charge is -2.21. The summed E-state index contributed by atoms with van der Waals surface area (Å²) < 4.78 is 10.2. The Bertz CT molecular complexity index is 291. The number of carboxylic acid groups (broad SMARTS) is 1. The Labute approximate surface area is 120 Å². The van der Waals surface area contributed by atoms with Gasteiger partial charge in [-0.3, -0.25) is 9.59 Å². The Kier molecular flexibility index (Phi) is 10.0. The van der Waals surface area contributed by atoms with Crippen LogP contribution in [-0.2, 0) is 19.1 Å². The average molecular weight is 289 g/mol. The van der Waals surface area contributed by atoms with Gasteiger partial charge in [-0.2, -0.15) is 0 Å². The first-order valence-electron chi connectivity index (χ1n) is 6.92. The van der Waals surface area contributed by atoms with E-state index in [2.05, 4.69) is 5.32 Å². The Morgan fingerprint density at radius 1 is 1.10 bits per heavy atom. The van der Waals surface area contributed by atoms with Crippen molar-refractivity contribution in [1.82, 2.24) is 5.32 Å². The molecule has 0 saturated heterocycles. The summed E-state index contributed by atoms with van der Waals surface area (Å²) >= 11 is 0. The van der Waals surface area contributed by atoms with Crippen LogP contribution in [0.5, 0.6) is 0 Å². The maximum Gasteiger partial charge on any atom is 0.303 e. The summed E-state index contributed by atoms with van der Waals surface area (Å²) in [4.78, 5) is 22.3. The number of methoxy groups -OCH3 is 1. The molecular weight excluding hydrogens is 262 g/mol. The molecule has 0 unspecified atom stereocenters. The van der Waals surface area contributed by atoms with Crippen molar-refractivity contribution in [2.75, 3.05) is 33.5 Å². The van der Waals surface area contributed by atoms with Gasteiger partial charge < -0.3 is 19.9 Å². The lowest BCUT2D eigenvalue weighted by molar-refractivity contribution is -0.139. The predicted octanol–water partition coefficient (Wildman–Crippen LogP) is 1.44. The maximum absolute atomic E-state index is 11.7. The minimum absolute atomic E-state index is 0.00619. The summed E-state index contributed by atoms with van der Waals surface area (Å²) in [5.74, 6) is -0.979. The summed E-state index contributed by atoms with van der Waals surface area (Å²) in [6, 6.07) is 0. The molecular formula is C14H27NO5. The van der Waals surface area contributed by atoms with E-state index in [1.807, 2.05) is 0 Å². The number of aliphatic carboxylic acids is 1. The molecule has 0 aromatic carbocycles. The number of hydrogen-bond donors (Lipinski definition) is 2. The van der Waals surface area contributed by atoms with Gasteiger partial charge in [-0.1, -0.05) is 13.8 Å². The van der Waals surface area contributed by atoms with Crippen molar-refractivity contribution in [1.29, 1.82) is 0 Å². The van der Waals surface area contributed by atoms with Gasteiger partial charge in [0.05, 0.1) is 19.6 Å². The number of rotatable bonds is 12. The number of carboxylic acids is 1. The predicted molar refractivity (Wildman–Crippen MR) is 75.6 cm³/mol. The molecule has 1 amide bonds. The molecule has 6 nitrogen and oxygen atoms in total. The lowest BCUT2D eigenvalue weighted by atomic mass is 9.85. The minimum Gasteiger partial charge on any atom is -0.481 e. The Balaban J connectivity index is 3.56. The van der Waals surface area contributed by atoms with Crippen LogP contribution in [0.25, 0.3) is 0 Å². The third-order valence-electron chi connectivity index (χ3n) is 2.74. The second kappa shape index (κ2) is 10.6. The van der Waals surface area contributed by atoms with Gasteiger partial charge in [0.1, 0.15) is 0 Å². The van der Waals surface area contributed by atoms with Crippen LogP contribution >= 0.6 is 0 Å². The van der Waals surface area contributed by atoms with Gasteiger partial charge in [0.25, 0.3) is 0 Å². The van der Waals surface area contributed by atoms with E-state index in [0.717, 1.165) is 12.8 Å². The molecule has 0 fully saturated rings. The van der Waals surface area contributed by atoms with Gasteiger partial charge in [-0.05, 0) is 18.3 Å². The zero-order valence-corrected chi connectivity index (χ0v) is 12.7. The van der Waals surface area contributed by atoms with E-state index in [1.54, 1.807) is 21.0 Å². The highest BCUT2D eigenvalue weighted by molar-refractivity contribution is 5.77. The number of ether oxygens (including phenoxy) is 2. The average Bonchev–Trinajstić information content (AvgIpc) is 2.30. The van der Waals surface area contributed by atoms with Crippen LogP contribution in [0.4, 0.5) is 0 Å². The molecule has 0 aromatic heterocycles. The Hall–Kier alpha value is -1.14. The maximum atomic E-state index is 11.7. The summed E-state index contributed by atoms with van der Waals surface area (Å²) in [7, 11) is 1.63. The molecule has 0 heterocycles. The number of amides is 1. The molecule has 0 radical (unpaired) electrons. The molecule has 0 atom stereocenters. The van der Waals surface area contributed by atoms with Crippen molar-refractivity contribution in [2.24, 2.45) is 5.41 Å². The van der Waals surface area contributed by atoms with Crippen molar-refractivity contribution < 1.29 is 24.2 Å². The normalized spacial score (nSPS) is 11.3. The highest BCUT2D eigenvalue weighted by Gasteiger charge is 2.24. The highest BCUT2D eigenvalue weighted by atomic mass is 16.5. The quantitative estimate of drug-likeness (QED) is 0.531. The van der Waals surface area contributed by atoms with Crippen molar-refractivity contribution in [2.45, 2.75) is 39.5 Å². The molecule has 0 aliphatic rings. The van der Waals surface area contributed by atoms with E-state index in [9.17, 15) is 9.59 Å². The van der Waals surface area contributed by atoms with E-state index < -0.39 is 11.4 Å². The lowest BCUT2D eigenvalue weighted by Crippen LogP contribution is -2.30. The van der Waals surface area contributed by atoms with E-state index in [4.69, 9.17) is 14.6 Å². The van der Waals surface area contributed by atoms with Gasteiger partial charge >= 0.3 is 5.97 Å². The molecule has 2 N–H and O–H groups in total. The summed E-state index contributed by atoms with van der Waals surface area (Å²) in [5.41, 5.74) is -0.515. The first kappa shape index (κ1) is 18.9. The van der Waals surface area contributed by atoms with Gasteiger partial charge in [0.2, 0.25) is 5.91 Å². The van der Waals surface area contributed by atoms with Crippen molar-refractivity contribution in [3.05, 3.63) is 0 Å². The molecule has 0 aromatic rings. The second-order valence-electron chi connectivity index (χ2n) is 5.57. The van der Waals surface area contributed by atoms with Gasteiger partial charge in [0.15, 0.2) is 0 Å². The first-order chi connectivity index (χ1) is 9.37. The molecule has 0 aliphatic carbocycles. The fraction of sp³-hybridized carbons (Fsp3) is 0.857. The number of nitrogens with one attached hydrogen (secondary N) is 1. The molecule has 0 rings (SSSR count). The third-order valence-corrected chi connectivity index (χ3v) is 2.74. The summed E-state index contributed by atoms with van der Waals surface area (Å²) in [5, 5.41) is 11.5. The van der Waals surface area contributed by atoms with Crippen LogP contribution in [0.15, 0.2) is 0 Å². The topological polar surface area (TPSA) is 84.9 Å². The van der Waals surface area contributed by atoms with Crippen LogP contribution in [0.3, 0.4) is 0 Å². The minimum atomic E-state index is -0.879. The molecule has 0 spiro atoms. The van der Waals surface area contributed by atoms with Gasteiger partial charge in [0, 0.05) is 26.7 Å². The SMILES string of the molecule is COCCOCCCCNC(=O)CC(C)(C)CC(=O)O.